The number of carbonyl (C=O) groups excluding carboxylic acids is 1. The molecule has 2 aliphatic heterocycles. The minimum Gasteiger partial charge on any atom is -0.335 e. The van der Waals surface area contributed by atoms with Crippen LogP contribution in [0.2, 0.25) is 0 Å². The van der Waals surface area contributed by atoms with E-state index in [1.54, 1.807) is 22.9 Å². The van der Waals surface area contributed by atoms with Crippen molar-refractivity contribution in [1.29, 1.82) is 0 Å². The SMILES string of the molecule is CCc1cc(C(=O)N2CCCCCC2C)nc2cc(-c3ccc(C4=CC=NC4)cc3F)nn12. The van der Waals surface area contributed by atoms with Crippen molar-refractivity contribution in [3.8, 4) is 11.3 Å². The lowest BCUT2D eigenvalue weighted by molar-refractivity contribution is 0.0692. The van der Waals surface area contributed by atoms with Crippen molar-refractivity contribution in [3.05, 3.63) is 59.2 Å². The van der Waals surface area contributed by atoms with Crippen molar-refractivity contribution >= 4 is 23.3 Å². The minimum absolute atomic E-state index is 0.0352. The van der Waals surface area contributed by atoms with Crippen LogP contribution in [0, 0.1) is 5.82 Å². The van der Waals surface area contributed by atoms with E-state index in [4.69, 9.17) is 0 Å². The van der Waals surface area contributed by atoms with Gasteiger partial charge < -0.3 is 4.90 Å². The maximum atomic E-state index is 15.0. The second-order valence-corrected chi connectivity index (χ2v) is 8.86. The normalized spacial score (nSPS) is 18.6. The average Bonchev–Trinajstić information content (AvgIpc) is 3.45. The van der Waals surface area contributed by atoms with Gasteiger partial charge >= 0.3 is 0 Å². The summed E-state index contributed by atoms with van der Waals surface area (Å²) in [6.45, 7) is 5.46. The Balaban J connectivity index is 1.51. The monoisotopic (exact) mass is 445 g/mol. The van der Waals surface area contributed by atoms with E-state index < -0.39 is 0 Å². The second-order valence-electron chi connectivity index (χ2n) is 8.86. The summed E-state index contributed by atoms with van der Waals surface area (Å²) >= 11 is 0. The zero-order valence-corrected chi connectivity index (χ0v) is 19.1. The molecule has 1 fully saturated rings. The van der Waals surface area contributed by atoms with Crippen LogP contribution >= 0.6 is 0 Å². The van der Waals surface area contributed by atoms with Gasteiger partial charge in [0.05, 0.1) is 12.2 Å². The maximum Gasteiger partial charge on any atom is 0.272 e. The van der Waals surface area contributed by atoms with Crippen LogP contribution in [0.5, 0.6) is 0 Å². The van der Waals surface area contributed by atoms with Gasteiger partial charge in [0.2, 0.25) is 0 Å². The van der Waals surface area contributed by atoms with E-state index in [9.17, 15) is 4.79 Å². The Hall–Kier alpha value is -3.35. The summed E-state index contributed by atoms with van der Waals surface area (Å²) in [7, 11) is 0. The first kappa shape index (κ1) is 21.5. The summed E-state index contributed by atoms with van der Waals surface area (Å²) in [5, 5.41) is 4.63. The third-order valence-electron chi connectivity index (χ3n) is 6.65. The molecular formula is C26H28FN5O. The van der Waals surface area contributed by atoms with Gasteiger partial charge in [-0.25, -0.2) is 13.9 Å². The van der Waals surface area contributed by atoms with Gasteiger partial charge in [0.15, 0.2) is 5.65 Å². The zero-order valence-electron chi connectivity index (χ0n) is 19.1. The quantitative estimate of drug-likeness (QED) is 0.570. The number of hydrogen-bond donors (Lipinski definition) is 0. The molecule has 1 aromatic carbocycles. The predicted octanol–water partition coefficient (Wildman–Crippen LogP) is 4.97. The van der Waals surface area contributed by atoms with Crippen LogP contribution in [0.3, 0.4) is 0 Å². The Morgan fingerprint density at radius 1 is 1.18 bits per heavy atom. The fraction of sp³-hybridized carbons (Fsp3) is 0.385. The number of nitrogens with zero attached hydrogens (tertiary/aromatic N) is 5. The Morgan fingerprint density at radius 3 is 2.82 bits per heavy atom. The highest BCUT2D eigenvalue weighted by molar-refractivity contribution is 5.93. The molecule has 5 rings (SSSR count). The highest BCUT2D eigenvalue weighted by Gasteiger charge is 2.25. The zero-order chi connectivity index (χ0) is 22.9. The smallest absolute Gasteiger partial charge is 0.272 e. The molecular weight excluding hydrogens is 417 g/mol. The third kappa shape index (κ3) is 4.08. The second kappa shape index (κ2) is 8.89. The molecule has 1 saturated heterocycles. The molecule has 0 aliphatic carbocycles. The summed E-state index contributed by atoms with van der Waals surface area (Å²) in [5.41, 5.74) is 4.61. The van der Waals surface area contributed by atoms with E-state index in [1.165, 1.54) is 6.07 Å². The lowest BCUT2D eigenvalue weighted by Gasteiger charge is -2.27. The number of fused-ring (bicyclic) bond motifs is 1. The fourth-order valence-electron chi connectivity index (χ4n) is 4.71. The summed E-state index contributed by atoms with van der Waals surface area (Å²) in [6.07, 6.45) is 8.68. The molecule has 4 heterocycles. The minimum atomic E-state index is -0.337. The van der Waals surface area contributed by atoms with Crippen molar-refractivity contribution in [2.24, 2.45) is 4.99 Å². The molecule has 1 atom stereocenters. The van der Waals surface area contributed by atoms with E-state index in [1.807, 2.05) is 30.0 Å². The van der Waals surface area contributed by atoms with E-state index in [-0.39, 0.29) is 17.8 Å². The summed E-state index contributed by atoms with van der Waals surface area (Å²) in [6, 6.07) is 8.98. The van der Waals surface area contributed by atoms with Crippen LogP contribution in [0.25, 0.3) is 22.5 Å². The molecule has 1 amide bonds. The van der Waals surface area contributed by atoms with Crippen LogP contribution in [0.4, 0.5) is 4.39 Å². The summed E-state index contributed by atoms with van der Waals surface area (Å²) < 4.78 is 16.8. The lowest BCUT2D eigenvalue weighted by Crippen LogP contribution is -2.38. The number of amides is 1. The largest absolute Gasteiger partial charge is 0.335 e. The molecule has 0 radical (unpaired) electrons. The highest BCUT2D eigenvalue weighted by atomic mass is 19.1. The molecule has 1 unspecified atom stereocenters. The van der Waals surface area contributed by atoms with Gasteiger partial charge in [0, 0.05) is 36.1 Å². The van der Waals surface area contributed by atoms with Gasteiger partial charge in [0.25, 0.3) is 5.91 Å². The maximum absolute atomic E-state index is 15.0. The van der Waals surface area contributed by atoms with Crippen LogP contribution < -0.4 is 0 Å². The molecule has 3 aromatic rings. The number of aromatic nitrogens is 3. The van der Waals surface area contributed by atoms with Crippen molar-refractivity contribution < 1.29 is 9.18 Å². The Bertz CT molecular complexity index is 1280. The molecule has 2 aromatic heterocycles. The number of aryl methyl sites for hydroxylation is 1. The Morgan fingerprint density at radius 2 is 2.06 bits per heavy atom. The first-order chi connectivity index (χ1) is 16.0. The molecule has 0 saturated carbocycles. The molecule has 2 aliphatic rings. The molecule has 0 spiro atoms. The fourth-order valence-corrected chi connectivity index (χ4v) is 4.71. The van der Waals surface area contributed by atoms with Crippen molar-refractivity contribution in [2.75, 3.05) is 13.1 Å². The number of halogens is 1. The van der Waals surface area contributed by atoms with Gasteiger partial charge in [-0.1, -0.05) is 25.8 Å². The van der Waals surface area contributed by atoms with Gasteiger partial charge in [-0.15, -0.1) is 0 Å². The Kier molecular flexibility index (Phi) is 5.79. The topological polar surface area (TPSA) is 62.9 Å². The number of rotatable bonds is 4. The van der Waals surface area contributed by atoms with E-state index in [0.717, 1.165) is 49.1 Å². The average molecular weight is 446 g/mol. The number of allylic oxidation sites excluding steroid dienone is 1. The number of likely N-dealkylation sites (tertiary alicyclic amines) is 1. The number of hydrogen-bond acceptors (Lipinski definition) is 4. The molecule has 7 heteroatoms. The van der Waals surface area contributed by atoms with Crippen LogP contribution in [0.15, 0.2) is 41.4 Å². The van der Waals surface area contributed by atoms with Crippen LogP contribution in [-0.4, -0.2) is 50.8 Å². The van der Waals surface area contributed by atoms with Crippen molar-refractivity contribution in [2.45, 2.75) is 52.0 Å². The first-order valence-corrected chi connectivity index (χ1v) is 11.7. The molecule has 33 heavy (non-hydrogen) atoms. The molecule has 6 nitrogen and oxygen atoms in total. The summed E-state index contributed by atoms with van der Waals surface area (Å²) in [4.78, 5) is 24.1. The molecule has 170 valence electrons. The van der Waals surface area contributed by atoms with E-state index in [2.05, 4.69) is 22.0 Å². The van der Waals surface area contributed by atoms with Crippen LogP contribution in [0.1, 0.15) is 61.3 Å². The first-order valence-electron chi connectivity index (χ1n) is 11.7. The summed E-state index contributed by atoms with van der Waals surface area (Å²) in [5.74, 6) is -0.372. The standard InChI is InChI=1S/C26H28FN5O/c1-3-20-14-24(26(33)31-12-6-4-5-7-17(31)2)29-25-15-23(30-32(20)25)21-9-8-18(13-22(21)27)19-10-11-28-16-19/h8-11,13-15,17H,3-7,12,16H2,1-2H3. The number of carbonyl (C=O) groups is 1. The number of benzene rings is 1. The highest BCUT2D eigenvalue weighted by Crippen LogP contribution is 2.28. The van der Waals surface area contributed by atoms with E-state index in [0.29, 0.717) is 35.6 Å². The third-order valence-corrected chi connectivity index (χ3v) is 6.65. The van der Waals surface area contributed by atoms with E-state index >= 15 is 4.39 Å². The Labute approximate surface area is 192 Å². The van der Waals surface area contributed by atoms with Crippen molar-refractivity contribution in [3.63, 3.8) is 0 Å². The van der Waals surface area contributed by atoms with Crippen molar-refractivity contribution in [1.82, 2.24) is 19.5 Å². The lowest BCUT2D eigenvalue weighted by atomic mass is 10.0. The predicted molar refractivity (Wildman–Crippen MR) is 128 cm³/mol. The molecule has 0 N–H and O–H groups in total. The van der Waals surface area contributed by atoms with Gasteiger partial charge in [-0.2, -0.15) is 5.10 Å². The van der Waals surface area contributed by atoms with Gasteiger partial charge in [-0.05, 0) is 61.6 Å². The van der Waals surface area contributed by atoms with Crippen LogP contribution in [-0.2, 0) is 6.42 Å². The molecule has 0 bridgehead atoms. The van der Waals surface area contributed by atoms with Gasteiger partial charge in [-0.3, -0.25) is 9.79 Å². The number of aliphatic imine (C=N–C) groups is 1. The van der Waals surface area contributed by atoms with Gasteiger partial charge in [0.1, 0.15) is 11.5 Å².